The van der Waals surface area contributed by atoms with Gasteiger partial charge in [-0.15, -0.1) is 0 Å². The van der Waals surface area contributed by atoms with E-state index in [0.29, 0.717) is 48.7 Å². The number of alkyl halides is 3. The molecule has 0 bridgehead atoms. The number of nitrogens with one attached hydrogen (secondary N) is 3. The smallest absolute Gasteiger partial charge is 0.356 e. The molecule has 0 spiro atoms. The third-order valence-electron chi connectivity index (χ3n) is 8.49. The summed E-state index contributed by atoms with van der Waals surface area (Å²) >= 11 is 0. The van der Waals surface area contributed by atoms with Crippen LogP contribution in [0.5, 0.6) is 0 Å². The highest BCUT2D eigenvalue weighted by Crippen LogP contribution is 2.40. The molecule has 1 saturated carbocycles. The highest BCUT2D eigenvalue weighted by Gasteiger charge is 2.39. The maximum absolute atomic E-state index is 14.0. The van der Waals surface area contributed by atoms with Crippen LogP contribution in [0.4, 0.5) is 19.1 Å². The molecule has 1 saturated heterocycles. The first-order valence-corrected chi connectivity index (χ1v) is 13.5. The number of carbonyl (C=O) groups is 1. The summed E-state index contributed by atoms with van der Waals surface area (Å²) < 4.78 is 42.1. The number of piperidine rings is 1. The molecule has 7 nitrogen and oxygen atoms in total. The van der Waals surface area contributed by atoms with Crippen LogP contribution in [-0.2, 0) is 12.6 Å². The Balaban J connectivity index is 1.46. The van der Waals surface area contributed by atoms with Crippen LogP contribution < -0.4 is 10.6 Å². The van der Waals surface area contributed by atoms with Crippen LogP contribution in [0.25, 0.3) is 11.3 Å². The fourth-order valence-electron chi connectivity index (χ4n) is 6.16. The maximum Gasteiger partial charge on any atom is 0.419 e. The number of fused-ring (bicyclic) bond motifs is 1. The van der Waals surface area contributed by atoms with Crippen molar-refractivity contribution in [1.29, 1.82) is 0 Å². The van der Waals surface area contributed by atoms with Gasteiger partial charge in [0.2, 0.25) is 5.95 Å². The standard InChI is InChI=1S/C27H37F3N6O/c1-16(17-7-4-5-8-17)36-12-6-9-19-20(14-31-23(19)24(36)37)22-21(27(28,29)30)15-32-25(35-22)34-18-10-11-26(2,3)33-13-18/h14-18,31,33H,4-13H2,1-3H3,(H,32,34,35)/t16?,18-/m0/s1. The Labute approximate surface area is 216 Å². The Morgan fingerprint density at radius 1 is 1.19 bits per heavy atom. The lowest BCUT2D eigenvalue weighted by Gasteiger charge is -2.36. The Hall–Kier alpha value is -2.62. The zero-order valence-corrected chi connectivity index (χ0v) is 21.8. The molecule has 4 heterocycles. The van der Waals surface area contributed by atoms with Crippen LogP contribution in [0.2, 0.25) is 0 Å². The number of amides is 1. The van der Waals surface area contributed by atoms with E-state index in [-0.39, 0.29) is 35.2 Å². The normalized spacial score (nSPS) is 23.6. The third kappa shape index (κ3) is 5.35. The molecule has 2 fully saturated rings. The zero-order valence-electron chi connectivity index (χ0n) is 21.8. The first kappa shape index (κ1) is 26.0. The van der Waals surface area contributed by atoms with E-state index in [2.05, 4.69) is 46.4 Å². The second kappa shape index (κ2) is 9.93. The summed E-state index contributed by atoms with van der Waals surface area (Å²) in [6.45, 7) is 7.64. The van der Waals surface area contributed by atoms with Crippen LogP contribution in [0.1, 0.15) is 87.3 Å². The van der Waals surface area contributed by atoms with Gasteiger partial charge in [-0.25, -0.2) is 9.97 Å². The molecule has 0 radical (unpaired) electrons. The van der Waals surface area contributed by atoms with Gasteiger partial charge in [0.15, 0.2) is 0 Å². The van der Waals surface area contributed by atoms with Crippen molar-refractivity contribution in [1.82, 2.24) is 25.2 Å². The van der Waals surface area contributed by atoms with Crippen molar-refractivity contribution < 1.29 is 18.0 Å². The Kier molecular flexibility index (Phi) is 6.98. The molecule has 2 aromatic rings. The summed E-state index contributed by atoms with van der Waals surface area (Å²) in [7, 11) is 0. The minimum Gasteiger partial charge on any atom is -0.356 e. The predicted molar refractivity (Wildman–Crippen MR) is 136 cm³/mol. The van der Waals surface area contributed by atoms with E-state index >= 15 is 0 Å². The Morgan fingerprint density at radius 2 is 1.95 bits per heavy atom. The number of aromatic amines is 1. The van der Waals surface area contributed by atoms with Crippen molar-refractivity contribution in [3.63, 3.8) is 0 Å². The van der Waals surface area contributed by atoms with E-state index in [4.69, 9.17) is 0 Å². The van der Waals surface area contributed by atoms with E-state index in [9.17, 15) is 18.0 Å². The van der Waals surface area contributed by atoms with E-state index in [1.165, 1.54) is 19.0 Å². The molecular weight excluding hydrogens is 481 g/mol. The summed E-state index contributed by atoms with van der Waals surface area (Å²) in [4.78, 5) is 26.9. The van der Waals surface area contributed by atoms with Gasteiger partial charge < -0.3 is 20.5 Å². The molecule has 1 amide bonds. The summed E-state index contributed by atoms with van der Waals surface area (Å²) in [5, 5.41) is 6.66. The van der Waals surface area contributed by atoms with Gasteiger partial charge in [0.1, 0.15) is 11.3 Å². The summed E-state index contributed by atoms with van der Waals surface area (Å²) in [5.41, 5.74) is 0.286. The second-order valence-electron chi connectivity index (χ2n) is 11.5. The molecular formula is C27H37F3N6O. The van der Waals surface area contributed by atoms with Gasteiger partial charge in [0.25, 0.3) is 5.91 Å². The van der Waals surface area contributed by atoms with Gasteiger partial charge in [0.05, 0.1) is 5.69 Å². The molecule has 37 heavy (non-hydrogen) atoms. The molecule has 3 aliphatic rings. The van der Waals surface area contributed by atoms with Gasteiger partial charge >= 0.3 is 6.18 Å². The highest BCUT2D eigenvalue weighted by atomic mass is 19.4. The van der Waals surface area contributed by atoms with Crippen LogP contribution >= 0.6 is 0 Å². The lowest BCUT2D eigenvalue weighted by molar-refractivity contribution is -0.137. The van der Waals surface area contributed by atoms with Gasteiger partial charge in [-0.05, 0) is 70.8 Å². The first-order valence-electron chi connectivity index (χ1n) is 13.5. The number of carbonyl (C=O) groups excluding carboxylic acids is 1. The number of rotatable bonds is 5. The molecule has 202 valence electrons. The average molecular weight is 519 g/mol. The van der Waals surface area contributed by atoms with Crippen molar-refractivity contribution in [2.45, 2.75) is 95.9 Å². The number of H-pyrrole nitrogens is 1. The van der Waals surface area contributed by atoms with E-state index in [1.54, 1.807) is 0 Å². The summed E-state index contributed by atoms with van der Waals surface area (Å²) in [6.07, 6.45) is 5.37. The van der Waals surface area contributed by atoms with Gasteiger partial charge in [-0.1, -0.05) is 12.8 Å². The fourth-order valence-corrected chi connectivity index (χ4v) is 6.16. The number of anilines is 1. The van der Waals surface area contributed by atoms with Crippen molar-refractivity contribution >= 4 is 11.9 Å². The molecule has 5 rings (SSSR count). The highest BCUT2D eigenvalue weighted by molar-refractivity contribution is 5.97. The first-order chi connectivity index (χ1) is 17.5. The van der Waals surface area contributed by atoms with Crippen LogP contribution in [0.15, 0.2) is 12.4 Å². The summed E-state index contributed by atoms with van der Waals surface area (Å²) in [5.74, 6) is 0.517. The van der Waals surface area contributed by atoms with Crippen molar-refractivity contribution in [3.8, 4) is 11.3 Å². The quantitative estimate of drug-likeness (QED) is 0.494. The average Bonchev–Trinajstić information content (AvgIpc) is 3.49. The molecule has 10 heteroatoms. The van der Waals surface area contributed by atoms with Gasteiger partial charge in [0, 0.05) is 48.7 Å². The molecule has 2 atom stereocenters. The molecule has 1 aliphatic carbocycles. The fraction of sp³-hybridized carbons (Fsp3) is 0.667. The van der Waals surface area contributed by atoms with E-state index in [1.807, 2.05) is 4.90 Å². The third-order valence-corrected chi connectivity index (χ3v) is 8.49. The monoisotopic (exact) mass is 518 g/mol. The van der Waals surface area contributed by atoms with Crippen LogP contribution in [0.3, 0.4) is 0 Å². The zero-order chi connectivity index (χ0) is 26.4. The van der Waals surface area contributed by atoms with Gasteiger partial charge in [-0.3, -0.25) is 4.79 Å². The Bertz CT molecular complexity index is 1130. The number of nitrogens with zero attached hydrogens (tertiary/aromatic N) is 3. The van der Waals surface area contributed by atoms with Crippen LogP contribution in [0, 0.1) is 5.92 Å². The Morgan fingerprint density at radius 3 is 2.62 bits per heavy atom. The number of hydrogen-bond acceptors (Lipinski definition) is 5. The minimum absolute atomic E-state index is 0.0214. The largest absolute Gasteiger partial charge is 0.419 e. The molecule has 0 aromatic carbocycles. The lowest BCUT2D eigenvalue weighted by Crippen LogP contribution is -2.50. The van der Waals surface area contributed by atoms with Crippen molar-refractivity contribution in [2.75, 3.05) is 18.4 Å². The molecule has 2 aliphatic heterocycles. The molecule has 1 unspecified atom stereocenters. The SMILES string of the molecule is CC(C1CCCC1)N1CCCc2c(-c3nc(N[C@H]4CCC(C)(C)NC4)ncc3C(F)(F)F)c[nH]c2C1=O. The van der Waals surface area contributed by atoms with Gasteiger partial charge in [-0.2, -0.15) is 13.2 Å². The van der Waals surface area contributed by atoms with Crippen molar-refractivity contribution in [2.24, 2.45) is 5.92 Å². The van der Waals surface area contributed by atoms with Crippen molar-refractivity contribution in [3.05, 3.63) is 29.2 Å². The van der Waals surface area contributed by atoms with E-state index in [0.717, 1.165) is 31.9 Å². The number of halogens is 3. The number of aromatic nitrogens is 3. The predicted octanol–water partition coefficient (Wildman–Crippen LogP) is 5.40. The minimum atomic E-state index is -4.62. The maximum atomic E-state index is 14.0. The topological polar surface area (TPSA) is 85.9 Å². The van der Waals surface area contributed by atoms with E-state index < -0.39 is 11.7 Å². The molecule has 3 N–H and O–H groups in total. The molecule has 2 aromatic heterocycles. The number of hydrogen-bond donors (Lipinski definition) is 3. The summed E-state index contributed by atoms with van der Waals surface area (Å²) in [6, 6.07) is 0.135. The van der Waals surface area contributed by atoms with Crippen LogP contribution in [-0.4, -0.2) is 56.5 Å². The second-order valence-corrected chi connectivity index (χ2v) is 11.5. The lowest BCUT2D eigenvalue weighted by atomic mass is 9.91.